The highest BCUT2D eigenvalue weighted by molar-refractivity contribution is 6.02. The van der Waals surface area contributed by atoms with Gasteiger partial charge < -0.3 is 35.2 Å². The molecule has 1 amide bonds. The molecule has 13 nitrogen and oxygen atoms in total. The van der Waals surface area contributed by atoms with Gasteiger partial charge in [-0.1, -0.05) is 24.8 Å². The minimum atomic E-state index is -1.16. The number of aromatic nitrogens is 4. The first-order valence-electron chi connectivity index (χ1n) is 18.5. The number of aryl methyl sites for hydroxylation is 3. The maximum atomic E-state index is 13.7. The maximum absolute atomic E-state index is 13.7. The lowest BCUT2D eigenvalue weighted by Gasteiger charge is -2.36. The molecule has 0 aromatic carbocycles. The smallest absolute Gasteiger partial charge is 0.334 e. The Bertz CT molecular complexity index is 2430. The van der Waals surface area contributed by atoms with E-state index in [0.29, 0.717) is 54.0 Å². The van der Waals surface area contributed by atoms with Crippen molar-refractivity contribution < 1.29 is 33.4 Å². The van der Waals surface area contributed by atoms with Gasteiger partial charge in [-0.25, -0.2) is 9.78 Å². The Labute approximate surface area is 325 Å². The highest BCUT2D eigenvalue weighted by Gasteiger charge is 2.53. The number of amides is 1. The van der Waals surface area contributed by atoms with Gasteiger partial charge in [0.2, 0.25) is 5.91 Å². The minimum absolute atomic E-state index is 0.111. The average Bonchev–Trinajstić information content (AvgIpc) is 3.85. The molecule has 0 spiro atoms. The number of allylic oxidation sites excluding steroid dienone is 5. The predicted molar refractivity (Wildman–Crippen MR) is 216 cm³/mol. The summed E-state index contributed by atoms with van der Waals surface area (Å²) >= 11 is 0. The Balaban J connectivity index is 1.72. The SMILES string of the molecule is C=Cc1c(C)c2cc3nc(cc4[nH]c(cc5nc(cc1[nH]2)C(C)=C5CCC(=O)NCCN)c(CCC(=O)OC)c4C)C1(C)C3=CC=C(C(=O)OC)C1C(=O)OC. The van der Waals surface area contributed by atoms with E-state index in [9.17, 15) is 19.2 Å². The van der Waals surface area contributed by atoms with E-state index >= 15 is 0 Å². The van der Waals surface area contributed by atoms with Gasteiger partial charge >= 0.3 is 17.9 Å². The quantitative estimate of drug-likeness (QED) is 0.139. The van der Waals surface area contributed by atoms with Gasteiger partial charge in [0.25, 0.3) is 0 Å². The number of aromatic amines is 2. The third-order valence-electron chi connectivity index (χ3n) is 11.2. The zero-order chi connectivity index (χ0) is 40.5. The minimum Gasteiger partial charge on any atom is -0.469 e. The number of nitrogens with zero attached hydrogens (tertiary/aromatic N) is 2. The van der Waals surface area contributed by atoms with Gasteiger partial charge in [0.1, 0.15) is 5.92 Å². The first kappa shape index (κ1) is 39.6. The molecule has 1 aliphatic carbocycles. The summed E-state index contributed by atoms with van der Waals surface area (Å²) in [4.78, 5) is 69.6. The monoisotopic (exact) mass is 760 g/mol. The van der Waals surface area contributed by atoms with Crippen molar-refractivity contribution in [3.05, 3.63) is 93.6 Å². The number of nitrogens with one attached hydrogen (secondary N) is 3. The number of hydrogen-bond donors (Lipinski definition) is 4. The molecular formula is C43H48N6O7. The second kappa shape index (κ2) is 16.0. The van der Waals surface area contributed by atoms with E-state index < -0.39 is 23.3 Å². The van der Waals surface area contributed by atoms with Crippen LogP contribution in [0, 0.1) is 19.8 Å². The van der Waals surface area contributed by atoms with E-state index in [0.717, 1.165) is 55.7 Å². The Kier molecular flexibility index (Phi) is 11.3. The molecule has 3 aliphatic rings. The molecule has 0 saturated heterocycles. The Morgan fingerprint density at radius 1 is 0.857 bits per heavy atom. The van der Waals surface area contributed by atoms with Crippen LogP contribution in [0.25, 0.3) is 44.9 Å². The molecule has 56 heavy (non-hydrogen) atoms. The topological polar surface area (TPSA) is 191 Å². The standard InChI is InChI=1S/C43H48N6O7/c1-9-25-22(2)31-19-36-29-13-10-28(41(52)55-7)40(42(53)56-8)43(29,5)37(49-36)21-32-24(4)27(12-15-39(51)54-6)35(48-32)20-34-26(11-14-38(50)45-17-16-44)23(3)30(47-34)18-33(25)46-31/h9-10,13,18-21,40,46,48H,1,11-12,14-17,44H2,2-8H3,(H,45,50). The highest BCUT2D eigenvalue weighted by atomic mass is 16.5. The molecule has 2 unspecified atom stereocenters. The van der Waals surface area contributed by atoms with Crippen LogP contribution in [0.5, 0.6) is 0 Å². The van der Waals surface area contributed by atoms with E-state index in [1.807, 2.05) is 58.0 Å². The summed E-state index contributed by atoms with van der Waals surface area (Å²) in [6.07, 6.45) is 6.36. The van der Waals surface area contributed by atoms with E-state index in [4.69, 9.17) is 29.9 Å². The number of esters is 3. The molecular weight excluding hydrogens is 713 g/mol. The molecule has 0 fully saturated rings. The van der Waals surface area contributed by atoms with Gasteiger partial charge in [-0.2, -0.15) is 0 Å². The zero-order valence-corrected chi connectivity index (χ0v) is 32.9. The van der Waals surface area contributed by atoms with E-state index in [1.54, 1.807) is 12.2 Å². The summed E-state index contributed by atoms with van der Waals surface area (Å²) in [5.41, 5.74) is 16.1. The third-order valence-corrected chi connectivity index (χ3v) is 11.2. The van der Waals surface area contributed by atoms with Crippen molar-refractivity contribution in [3.63, 3.8) is 0 Å². The molecule has 2 aliphatic heterocycles. The average molecular weight is 761 g/mol. The lowest BCUT2D eigenvalue weighted by atomic mass is 9.64. The Morgan fingerprint density at radius 2 is 1.55 bits per heavy atom. The third kappa shape index (κ3) is 6.98. The predicted octanol–water partition coefficient (Wildman–Crippen LogP) is 5.71. The normalized spacial score (nSPS) is 17.4. The number of H-pyrrole nitrogens is 2. The molecule has 292 valence electrons. The summed E-state index contributed by atoms with van der Waals surface area (Å²) in [6, 6.07) is 7.75. The number of carbonyl (C=O) groups excluding carboxylic acids is 4. The van der Waals surface area contributed by atoms with Gasteiger partial charge in [-0.15, -0.1) is 0 Å². The molecule has 8 bridgehead atoms. The van der Waals surface area contributed by atoms with Crippen molar-refractivity contribution in [2.75, 3.05) is 34.4 Å². The van der Waals surface area contributed by atoms with Gasteiger partial charge in [-0.05, 0) is 98.2 Å². The van der Waals surface area contributed by atoms with E-state index in [-0.39, 0.29) is 30.3 Å². The van der Waals surface area contributed by atoms with Gasteiger partial charge in [0, 0.05) is 53.6 Å². The zero-order valence-electron chi connectivity index (χ0n) is 32.9. The van der Waals surface area contributed by atoms with Crippen LogP contribution in [0.4, 0.5) is 0 Å². The fourth-order valence-electron chi connectivity index (χ4n) is 7.99. The fourth-order valence-corrected chi connectivity index (χ4v) is 7.99. The van der Waals surface area contributed by atoms with Crippen LogP contribution in [0.1, 0.15) is 78.1 Å². The number of methoxy groups -OCH3 is 3. The van der Waals surface area contributed by atoms with Crippen molar-refractivity contribution in [1.29, 1.82) is 0 Å². The number of carbonyl (C=O) groups is 4. The second-order valence-electron chi connectivity index (χ2n) is 14.3. The number of ether oxygens (including phenoxy) is 3. The number of nitrogens with two attached hydrogens (primary N) is 1. The summed E-state index contributed by atoms with van der Waals surface area (Å²) in [5, 5.41) is 2.85. The van der Waals surface area contributed by atoms with Crippen LogP contribution in [0.15, 0.2) is 48.6 Å². The number of hydrogen-bond acceptors (Lipinski definition) is 10. The van der Waals surface area contributed by atoms with Crippen LogP contribution in [0.3, 0.4) is 0 Å². The van der Waals surface area contributed by atoms with Crippen molar-refractivity contribution in [3.8, 4) is 0 Å². The molecule has 6 rings (SSSR count). The molecule has 0 radical (unpaired) electrons. The molecule has 5 heterocycles. The molecule has 0 saturated carbocycles. The first-order chi connectivity index (χ1) is 26.8. The fraction of sp³-hybridized carbons (Fsp3) is 0.349. The van der Waals surface area contributed by atoms with E-state index in [1.165, 1.54) is 21.3 Å². The number of fused-ring (bicyclic) bond motifs is 11. The summed E-state index contributed by atoms with van der Waals surface area (Å²) in [6.45, 7) is 12.7. The Hall–Kier alpha value is -6.08. The van der Waals surface area contributed by atoms with Crippen molar-refractivity contribution in [1.82, 2.24) is 25.3 Å². The highest BCUT2D eigenvalue weighted by Crippen LogP contribution is 2.52. The maximum Gasteiger partial charge on any atom is 0.334 e. The van der Waals surface area contributed by atoms with Crippen LogP contribution < -0.4 is 11.1 Å². The van der Waals surface area contributed by atoms with Crippen LogP contribution in [-0.4, -0.2) is 78.2 Å². The lowest BCUT2D eigenvalue weighted by molar-refractivity contribution is -0.149. The van der Waals surface area contributed by atoms with Crippen LogP contribution in [-0.2, 0) is 45.2 Å². The summed E-state index contributed by atoms with van der Waals surface area (Å²) in [7, 11) is 3.92. The first-order valence-corrected chi connectivity index (χ1v) is 18.5. The lowest BCUT2D eigenvalue weighted by Crippen LogP contribution is -2.42. The van der Waals surface area contributed by atoms with E-state index in [2.05, 4.69) is 21.9 Å². The van der Waals surface area contributed by atoms with Crippen molar-refractivity contribution in [2.24, 2.45) is 11.7 Å². The second-order valence-corrected chi connectivity index (χ2v) is 14.3. The van der Waals surface area contributed by atoms with Crippen molar-refractivity contribution >= 4 is 68.7 Å². The Morgan fingerprint density at radius 3 is 2.23 bits per heavy atom. The van der Waals surface area contributed by atoms with Crippen molar-refractivity contribution in [2.45, 2.75) is 58.8 Å². The van der Waals surface area contributed by atoms with Gasteiger partial charge in [-0.3, -0.25) is 19.4 Å². The van der Waals surface area contributed by atoms with Gasteiger partial charge in [0.05, 0.1) is 55.1 Å². The molecule has 5 N–H and O–H groups in total. The van der Waals surface area contributed by atoms with Crippen LogP contribution in [0.2, 0.25) is 0 Å². The largest absolute Gasteiger partial charge is 0.469 e. The summed E-state index contributed by atoms with van der Waals surface area (Å²) < 4.78 is 15.5. The summed E-state index contributed by atoms with van der Waals surface area (Å²) in [5.74, 6) is -2.81. The number of rotatable bonds is 11. The molecule has 13 heteroatoms. The van der Waals surface area contributed by atoms with Gasteiger partial charge in [0.15, 0.2) is 0 Å². The van der Waals surface area contributed by atoms with Crippen LogP contribution >= 0.6 is 0 Å². The molecule has 3 aromatic heterocycles. The molecule has 3 aromatic rings. The molecule has 2 atom stereocenters.